The highest BCUT2D eigenvalue weighted by molar-refractivity contribution is 5.76. The van der Waals surface area contributed by atoms with Crippen LogP contribution in [0.2, 0.25) is 0 Å². The van der Waals surface area contributed by atoms with E-state index in [0.717, 1.165) is 45.6 Å². The molecule has 7 heteroatoms. The third-order valence-electron chi connectivity index (χ3n) is 5.54. The Morgan fingerprint density at radius 1 is 1.46 bits per heavy atom. The fourth-order valence-electron chi connectivity index (χ4n) is 4.31. The lowest BCUT2D eigenvalue weighted by Crippen LogP contribution is -2.41. The third-order valence-corrected chi connectivity index (χ3v) is 5.54. The second kappa shape index (κ2) is 7.21. The van der Waals surface area contributed by atoms with Crippen LogP contribution in [0.15, 0.2) is 12.4 Å². The number of aryl methyl sites for hydroxylation is 1. The summed E-state index contributed by atoms with van der Waals surface area (Å²) in [6.07, 6.45) is 5.63. The van der Waals surface area contributed by atoms with Gasteiger partial charge in [-0.3, -0.25) is 19.3 Å². The number of methoxy groups -OCH3 is 1. The lowest BCUT2D eigenvalue weighted by Gasteiger charge is -2.29. The summed E-state index contributed by atoms with van der Waals surface area (Å²) in [5, 5.41) is 14.2. The van der Waals surface area contributed by atoms with Gasteiger partial charge in [0.25, 0.3) is 0 Å². The fraction of sp³-hybridized carbons (Fsp3) is 0.765. The normalized spacial score (nSPS) is 28.7. The highest BCUT2D eigenvalue weighted by Crippen LogP contribution is 2.43. The molecule has 2 aliphatic heterocycles. The largest absolute Gasteiger partial charge is 0.481 e. The summed E-state index contributed by atoms with van der Waals surface area (Å²) in [6, 6.07) is 0. The van der Waals surface area contributed by atoms with Crippen molar-refractivity contribution in [1.29, 1.82) is 0 Å². The van der Waals surface area contributed by atoms with Gasteiger partial charge in [0, 0.05) is 64.6 Å². The highest BCUT2D eigenvalue weighted by atomic mass is 16.5. The Hall–Kier alpha value is -1.44. The second-order valence-corrected chi connectivity index (χ2v) is 7.25. The number of aliphatic carboxylic acids is 1. The Labute approximate surface area is 143 Å². The zero-order valence-electron chi connectivity index (χ0n) is 14.6. The van der Waals surface area contributed by atoms with E-state index in [1.54, 1.807) is 7.11 Å². The fourth-order valence-corrected chi connectivity index (χ4v) is 4.31. The van der Waals surface area contributed by atoms with Crippen LogP contribution >= 0.6 is 0 Å². The van der Waals surface area contributed by atoms with Crippen molar-refractivity contribution in [1.82, 2.24) is 19.6 Å². The van der Waals surface area contributed by atoms with Gasteiger partial charge in [-0.15, -0.1) is 0 Å². The van der Waals surface area contributed by atoms with E-state index in [9.17, 15) is 9.90 Å². The first-order chi connectivity index (χ1) is 11.5. The monoisotopic (exact) mass is 336 g/mol. The minimum atomic E-state index is -0.629. The van der Waals surface area contributed by atoms with E-state index < -0.39 is 11.4 Å². The molecule has 0 aromatic carbocycles. The van der Waals surface area contributed by atoms with Gasteiger partial charge in [0.2, 0.25) is 0 Å². The molecule has 1 N–H and O–H groups in total. The van der Waals surface area contributed by atoms with Crippen LogP contribution in [0.4, 0.5) is 0 Å². The molecule has 2 atom stereocenters. The summed E-state index contributed by atoms with van der Waals surface area (Å²) in [7, 11) is 3.61. The van der Waals surface area contributed by atoms with Crippen LogP contribution in [0, 0.1) is 11.3 Å². The van der Waals surface area contributed by atoms with Crippen LogP contribution in [-0.4, -0.2) is 77.1 Å². The van der Waals surface area contributed by atoms with Gasteiger partial charge in [0.05, 0.1) is 18.2 Å². The Balaban J connectivity index is 1.71. The molecular weight excluding hydrogens is 308 g/mol. The summed E-state index contributed by atoms with van der Waals surface area (Å²) < 4.78 is 6.99. The molecule has 0 aliphatic carbocycles. The minimum Gasteiger partial charge on any atom is -0.481 e. The molecule has 1 aromatic heterocycles. The number of rotatable bonds is 6. The van der Waals surface area contributed by atoms with Crippen molar-refractivity contribution in [3.05, 3.63) is 18.0 Å². The maximum absolute atomic E-state index is 12.1. The second-order valence-electron chi connectivity index (χ2n) is 7.25. The minimum absolute atomic E-state index is 0.172. The molecule has 2 saturated heterocycles. The van der Waals surface area contributed by atoms with E-state index in [2.05, 4.69) is 14.9 Å². The number of carboxylic acids is 1. The Bertz CT molecular complexity index is 576. The molecule has 0 amide bonds. The van der Waals surface area contributed by atoms with Crippen LogP contribution in [0.3, 0.4) is 0 Å². The Morgan fingerprint density at radius 3 is 2.92 bits per heavy atom. The van der Waals surface area contributed by atoms with Gasteiger partial charge in [-0.1, -0.05) is 0 Å². The van der Waals surface area contributed by atoms with Crippen molar-refractivity contribution in [3.8, 4) is 0 Å². The number of hydrogen-bond donors (Lipinski definition) is 1. The molecule has 3 heterocycles. The maximum atomic E-state index is 12.1. The maximum Gasteiger partial charge on any atom is 0.311 e. The van der Waals surface area contributed by atoms with Crippen molar-refractivity contribution in [2.24, 2.45) is 18.4 Å². The van der Waals surface area contributed by atoms with Gasteiger partial charge >= 0.3 is 5.97 Å². The van der Waals surface area contributed by atoms with Crippen molar-refractivity contribution in [2.45, 2.75) is 19.4 Å². The molecule has 0 bridgehead atoms. The van der Waals surface area contributed by atoms with E-state index in [0.29, 0.717) is 13.2 Å². The average Bonchev–Trinajstić information content (AvgIpc) is 3.05. The first kappa shape index (κ1) is 17.4. The number of aromatic nitrogens is 2. The van der Waals surface area contributed by atoms with E-state index in [4.69, 9.17) is 4.74 Å². The van der Waals surface area contributed by atoms with Gasteiger partial charge in [0.1, 0.15) is 0 Å². The summed E-state index contributed by atoms with van der Waals surface area (Å²) in [5.74, 6) is -0.457. The van der Waals surface area contributed by atoms with E-state index in [1.165, 1.54) is 5.56 Å². The summed E-state index contributed by atoms with van der Waals surface area (Å²) in [5.41, 5.74) is 0.590. The van der Waals surface area contributed by atoms with Gasteiger partial charge in [-0.25, -0.2) is 0 Å². The van der Waals surface area contributed by atoms with Crippen molar-refractivity contribution < 1.29 is 14.6 Å². The van der Waals surface area contributed by atoms with Gasteiger partial charge in [0.15, 0.2) is 0 Å². The van der Waals surface area contributed by atoms with Gasteiger partial charge in [-0.05, 0) is 19.4 Å². The van der Waals surface area contributed by atoms with Crippen LogP contribution in [0.5, 0.6) is 0 Å². The number of carbonyl (C=O) groups is 1. The van der Waals surface area contributed by atoms with Crippen LogP contribution in [0.25, 0.3) is 0 Å². The molecule has 0 radical (unpaired) electrons. The van der Waals surface area contributed by atoms with Crippen LogP contribution in [-0.2, 0) is 23.1 Å². The molecule has 0 saturated carbocycles. The number of hydrogen-bond acceptors (Lipinski definition) is 5. The first-order valence-electron chi connectivity index (χ1n) is 8.68. The highest BCUT2D eigenvalue weighted by Gasteiger charge is 2.53. The molecular formula is C17H28N4O3. The Kier molecular flexibility index (Phi) is 5.22. The SMILES string of the molecule is COCCN1C[C@@H]2CN(Cc3cnn(C)c3)CCC[C@]2(C(=O)O)C1. The molecule has 2 fully saturated rings. The Morgan fingerprint density at radius 2 is 2.25 bits per heavy atom. The third kappa shape index (κ3) is 3.48. The molecule has 7 nitrogen and oxygen atoms in total. The zero-order chi connectivity index (χ0) is 17.2. The predicted octanol–water partition coefficient (Wildman–Crippen LogP) is 0.665. The summed E-state index contributed by atoms with van der Waals surface area (Å²) >= 11 is 0. The molecule has 0 spiro atoms. The summed E-state index contributed by atoms with van der Waals surface area (Å²) in [6.45, 7) is 5.60. The molecule has 0 unspecified atom stereocenters. The summed E-state index contributed by atoms with van der Waals surface area (Å²) in [4.78, 5) is 16.8. The van der Waals surface area contributed by atoms with Crippen LogP contribution < -0.4 is 0 Å². The molecule has 1 aromatic rings. The lowest BCUT2D eigenvalue weighted by atomic mass is 9.75. The molecule has 2 aliphatic rings. The number of likely N-dealkylation sites (tertiary alicyclic amines) is 2. The van der Waals surface area contributed by atoms with E-state index in [-0.39, 0.29) is 5.92 Å². The van der Waals surface area contributed by atoms with Crippen molar-refractivity contribution in [3.63, 3.8) is 0 Å². The van der Waals surface area contributed by atoms with Crippen molar-refractivity contribution >= 4 is 5.97 Å². The van der Waals surface area contributed by atoms with Crippen molar-refractivity contribution in [2.75, 3.05) is 46.4 Å². The molecule has 134 valence electrons. The molecule has 24 heavy (non-hydrogen) atoms. The van der Waals surface area contributed by atoms with E-state index >= 15 is 0 Å². The predicted molar refractivity (Wildman–Crippen MR) is 89.6 cm³/mol. The number of carboxylic acid groups (broad SMARTS) is 1. The number of ether oxygens (including phenoxy) is 1. The zero-order valence-corrected chi connectivity index (χ0v) is 14.6. The van der Waals surface area contributed by atoms with Crippen LogP contribution in [0.1, 0.15) is 18.4 Å². The number of fused-ring (bicyclic) bond motifs is 1. The average molecular weight is 336 g/mol. The quantitative estimate of drug-likeness (QED) is 0.823. The first-order valence-corrected chi connectivity index (χ1v) is 8.68. The van der Waals surface area contributed by atoms with E-state index in [1.807, 2.05) is 24.1 Å². The topological polar surface area (TPSA) is 70.8 Å². The number of nitrogens with zero attached hydrogens (tertiary/aromatic N) is 4. The van der Waals surface area contributed by atoms with Gasteiger partial charge < -0.3 is 9.84 Å². The molecule has 3 rings (SSSR count). The lowest BCUT2D eigenvalue weighted by molar-refractivity contribution is -0.151. The standard InChI is InChI=1S/C17H28N4O3/c1-19-9-14(8-18-19)10-20-5-3-4-17(16(22)23)13-21(6-7-24-2)12-15(17)11-20/h8-9,15H,3-7,10-13H2,1-2H3,(H,22,23)/t15-,17-/m0/s1. The smallest absolute Gasteiger partial charge is 0.311 e. The van der Waals surface area contributed by atoms with Gasteiger partial charge in [-0.2, -0.15) is 5.10 Å².